The zero-order valence-electron chi connectivity index (χ0n) is 15.6. The average molecular weight is 389 g/mol. The predicted octanol–water partition coefficient (Wildman–Crippen LogP) is 3.36. The van der Waals surface area contributed by atoms with E-state index < -0.39 is 17.3 Å². The van der Waals surface area contributed by atoms with Gasteiger partial charge >= 0.3 is 5.97 Å². The average Bonchev–Trinajstić information content (AvgIpc) is 3.27. The molecule has 8 heteroatoms. The number of imidazole rings is 1. The number of rotatable bonds is 3. The third-order valence-corrected chi connectivity index (χ3v) is 4.39. The fourth-order valence-electron chi connectivity index (χ4n) is 2.94. The molecule has 0 atom stereocenters. The number of halogens is 1. The van der Waals surface area contributed by atoms with Gasteiger partial charge in [-0.25, -0.2) is 14.2 Å². The minimum atomic E-state index is -1.33. The summed E-state index contributed by atoms with van der Waals surface area (Å²) in [5, 5.41) is 16.5. The number of aryl methyl sites for hydroxylation is 2. The fraction of sp³-hybridized carbons (Fsp3) is 0.0952. The maximum atomic E-state index is 13.8. The Hall–Kier alpha value is -4.12. The van der Waals surface area contributed by atoms with E-state index >= 15 is 0 Å². The van der Waals surface area contributed by atoms with Crippen LogP contribution in [-0.4, -0.2) is 30.2 Å². The SMILES string of the molecule is Cc1cc(F)c(C(=O)O)cc1C#Cc1cnc2c(Nc3cnn(C)c3)cccn12. The van der Waals surface area contributed by atoms with Crippen LogP contribution < -0.4 is 5.32 Å². The molecule has 0 aliphatic carbocycles. The van der Waals surface area contributed by atoms with Crippen molar-refractivity contribution in [3.63, 3.8) is 0 Å². The van der Waals surface area contributed by atoms with Crippen LogP contribution in [0.2, 0.25) is 0 Å². The van der Waals surface area contributed by atoms with Gasteiger partial charge in [-0.3, -0.25) is 9.08 Å². The third-order valence-electron chi connectivity index (χ3n) is 4.39. The minimum Gasteiger partial charge on any atom is -0.478 e. The van der Waals surface area contributed by atoms with Crippen LogP contribution in [0.4, 0.5) is 15.8 Å². The van der Waals surface area contributed by atoms with Crippen LogP contribution in [0, 0.1) is 24.6 Å². The highest BCUT2D eigenvalue weighted by molar-refractivity contribution is 5.88. The third kappa shape index (κ3) is 3.53. The molecule has 0 amide bonds. The Kier molecular flexibility index (Phi) is 4.49. The van der Waals surface area contributed by atoms with Crippen LogP contribution in [0.5, 0.6) is 0 Å². The Labute approximate surface area is 165 Å². The smallest absolute Gasteiger partial charge is 0.338 e. The monoisotopic (exact) mass is 389 g/mol. The highest BCUT2D eigenvalue weighted by Crippen LogP contribution is 2.21. The van der Waals surface area contributed by atoms with Crippen molar-refractivity contribution in [2.45, 2.75) is 6.92 Å². The summed E-state index contributed by atoms with van der Waals surface area (Å²) in [6, 6.07) is 6.19. The number of carbonyl (C=O) groups is 1. The predicted molar refractivity (Wildman–Crippen MR) is 106 cm³/mol. The number of hydrogen-bond acceptors (Lipinski definition) is 4. The second kappa shape index (κ2) is 7.13. The van der Waals surface area contributed by atoms with Gasteiger partial charge in [0.1, 0.15) is 11.5 Å². The van der Waals surface area contributed by atoms with Crippen molar-refractivity contribution in [3.8, 4) is 11.8 Å². The van der Waals surface area contributed by atoms with Crippen LogP contribution in [0.1, 0.15) is 27.2 Å². The molecule has 4 rings (SSSR count). The van der Waals surface area contributed by atoms with Gasteiger partial charge in [-0.15, -0.1) is 0 Å². The van der Waals surface area contributed by atoms with Crippen LogP contribution in [-0.2, 0) is 7.05 Å². The number of pyridine rings is 1. The lowest BCUT2D eigenvalue weighted by atomic mass is 10.0. The molecule has 1 aromatic carbocycles. The van der Waals surface area contributed by atoms with E-state index in [9.17, 15) is 9.18 Å². The van der Waals surface area contributed by atoms with Crippen LogP contribution in [0.3, 0.4) is 0 Å². The standard InChI is InChI=1S/C21H16FN5O2/c1-13-8-18(22)17(21(28)29)9-14(13)5-6-16-11-23-20-19(4-3-7-27(16)20)25-15-10-24-26(2)12-15/h3-4,7-12,25H,1-2H3,(H,28,29). The lowest BCUT2D eigenvalue weighted by Crippen LogP contribution is -2.02. The first kappa shape index (κ1) is 18.3. The number of nitrogens with zero attached hydrogens (tertiary/aromatic N) is 4. The Morgan fingerprint density at radius 3 is 2.83 bits per heavy atom. The molecule has 0 aliphatic rings. The molecule has 0 spiro atoms. The van der Waals surface area contributed by atoms with Crippen LogP contribution >= 0.6 is 0 Å². The van der Waals surface area contributed by atoms with E-state index in [-0.39, 0.29) is 0 Å². The maximum absolute atomic E-state index is 13.8. The van der Waals surface area contributed by atoms with Crippen molar-refractivity contribution in [3.05, 3.63) is 77.3 Å². The first-order chi connectivity index (χ1) is 13.9. The van der Waals surface area contributed by atoms with Gasteiger partial charge in [0.25, 0.3) is 0 Å². The lowest BCUT2D eigenvalue weighted by molar-refractivity contribution is 0.0692. The number of aromatic nitrogens is 4. The number of carboxylic acids is 1. The van der Waals surface area contributed by atoms with Crippen molar-refractivity contribution in [1.29, 1.82) is 0 Å². The number of carboxylic acid groups (broad SMARTS) is 1. The summed E-state index contributed by atoms with van der Waals surface area (Å²) in [5.74, 6) is 3.82. The summed E-state index contributed by atoms with van der Waals surface area (Å²) in [4.78, 5) is 15.6. The molecular weight excluding hydrogens is 373 g/mol. The van der Waals surface area contributed by atoms with E-state index in [1.165, 1.54) is 12.1 Å². The van der Waals surface area contributed by atoms with E-state index in [1.54, 1.807) is 24.0 Å². The second-order valence-corrected chi connectivity index (χ2v) is 6.49. The summed E-state index contributed by atoms with van der Waals surface area (Å²) in [6.45, 7) is 1.68. The molecule has 0 radical (unpaired) electrons. The minimum absolute atomic E-state index is 0.402. The zero-order valence-corrected chi connectivity index (χ0v) is 15.6. The highest BCUT2D eigenvalue weighted by atomic mass is 19.1. The molecule has 0 fully saturated rings. The summed E-state index contributed by atoms with van der Waals surface area (Å²) in [6.07, 6.45) is 7.03. The quantitative estimate of drug-likeness (QED) is 0.525. The van der Waals surface area contributed by atoms with Gasteiger partial charge in [0.05, 0.1) is 29.3 Å². The Balaban J connectivity index is 1.71. The van der Waals surface area contributed by atoms with Crippen molar-refractivity contribution >= 4 is 23.0 Å². The van der Waals surface area contributed by atoms with Crippen molar-refractivity contribution in [1.82, 2.24) is 19.2 Å². The summed E-state index contributed by atoms with van der Waals surface area (Å²) < 4.78 is 17.3. The summed E-state index contributed by atoms with van der Waals surface area (Å²) in [5.41, 5.74) is 3.54. The van der Waals surface area contributed by atoms with E-state index in [0.29, 0.717) is 22.5 Å². The number of aromatic carboxylic acids is 1. The van der Waals surface area contributed by atoms with Crippen molar-refractivity contribution in [2.24, 2.45) is 7.05 Å². The first-order valence-corrected chi connectivity index (χ1v) is 8.69. The van der Waals surface area contributed by atoms with Gasteiger partial charge in [0.15, 0.2) is 5.65 Å². The lowest BCUT2D eigenvalue weighted by Gasteiger charge is -2.05. The Morgan fingerprint density at radius 2 is 2.10 bits per heavy atom. The topological polar surface area (TPSA) is 84.4 Å². The van der Waals surface area contributed by atoms with Crippen LogP contribution in [0.25, 0.3) is 5.65 Å². The van der Waals surface area contributed by atoms with Gasteiger partial charge in [0, 0.05) is 25.0 Å². The molecule has 29 heavy (non-hydrogen) atoms. The Morgan fingerprint density at radius 1 is 1.28 bits per heavy atom. The molecule has 4 aromatic rings. The molecular formula is C21H16FN5O2. The van der Waals surface area contributed by atoms with Gasteiger partial charge in [0.2, 0.25) is 0 Å². The summed E-state index contributed by atoms with van der Waals surface area (Å²) >= 11 is 0. The van der Waals surface area contributed by atoms with Gasteiger partial charge in [-0.2, -0.15) is 5.10 Å². The number of benzene rings is 1. The molecule has 7 nitrogen and oxygen atoms in total. The van der Waals surface area contributed by atoms with Crippen LogP contribution in [0.15, 0.2) is 49.1 Å². The number of nitrogens with one attached hydrogen (secondary N) is 1. The molecule has 0 aliphatic heterocycles. The largest absolute Gasteiger partial charge is 0.478 e. The van der Waals surface area contributed by atoms with E-state index in [2.05, 4.69) is 27.2 Å². The molecule has 2 N–H and O–H groups in total. The molecule has 0 bridgehead atoms. The second-order valence-electron chi connectivity index (χ2n) is 6.49. The summed E-state index contributed by atoms with van der Waals surface area (Å²) in [7, 11) is 1.84. The molecule has 3 heterocycles. The van der Waals surface area contributed by atoms with Gasteiger partial charge in [-0.05, 0) is 42.7 Å². The molecule has 3 aromatic heterocycles. The fourth-order valence-corrected chi connectivity index (χ4v) is 2.94. The van der Waals surface area contributed by atoms with E-state index in [4.69, 9.17) is 5.11 Å². The van der Waals surface area contributed by atoms with Crippen molar-refractivity contribution < 1.29 is 14.3 Å². The zero-order chi connectivity index (χ0) is 20.5. The highest BCUT2D eigenvalue weighted by Gasteiger charge is 2.12. The van der Waals surface area contributed by atoms with Gasteiger partial charge in [-0.1, -0.05) is 5.92 Å². The number of anilines is 2. The van der Waals surface area contributed by atoms with E-state index in [0.717, 1.165) is 11.4 Å². The molecule has 0 saturated carbocycles. The maximum Gasteiger partial charge on any atom is 0.338 e. The Bertz CT molecular complexity index is 1310. The van der Waals surface area contributed by atoms with Gasteiger partial charge < -0.3 is 10.4 Å². The molecule has 0 unspecified atom stereocenters. The molecule has 0 saturated heterocycles. The number of fused-ring (bicyclic) bond motifs is 1. The van der Waals surface area contributed by atoms with Crippen molar-refractivity contribution in [2.75, 3.05) is 5.32 Å². The first-order valence-electron chi connectivity index (χ1n) is 8.69. The normalized spacial score (nSPS) is 10.6. The number of hydrogen-bond donors (Lipinski definition) is 2. The van der Waals surface area contributed by atoms with E-state index in [1.807, 2.05) is 36.0 Å². The molecule has 144 valence electrons.